The van der Waals surface area contributed by atoms with Crippen LogP contribution in [0, 0.1) is 17.1 Å². The Balaban J connectivity index is 1.39. The van der Waals surface area contributed by atoms with Gasteiger partial charge in [-0.3, -0.25) is 4.79 Å². The molecule has 3 N–H and O–H groups in total. The maximum Gasteiger partial charge on any atom is 0.250 e. The van der Waals surface area contributed by atoms with Gasteiger partial charge in [0.15, 0.2) is 0 Å². The number of pyridine rings is 2. The Morgan fingerprint density at radius 1 is 1.27 bits per heavy atom. The van der Waals surface area contributed by atoms with Crippen LogP contribution in [-0.4, -0.2) is 50.9 Å². The first-order valence-corrected chi connectivity index (χ1v) is 13.5. The number of rotatable bonds is 7. The Hall–Kier alpha value is -4.20. The number of anilines is 1. The number of nitrogens with zero attached hydrogens (tertiary/aromatic N) is 5. The van der Waals surface area contributed by atoms with Crippen LogP contribution in [0.25, 0.3) is 16.6 Å². The summed E-state index contributed by atoms with van der Waals surface area (Å²) >= 11 is 6.49. The summed E-state index contributed by atoms with van der Waals surface area (Å²) in [5, 5.41) is 24.2. The number of piperidine rings is 1. The lowest BCUT2D eigenvalue weighted by Gasteiger charge is -2.41. The monoisotopic (exact) mass is 576 g/mol. The van der Waals surface area contributed by atoms with Gasteiger partial charge in [0.1, 0.15) is 30.1 Å². The SMILES string of the molecule is CC(C)(O)COc1cc(-c2ccc(N3CCC(C)(c4cc(F)cc(C(N)=O)c4Cl)CC3)nc2)c2c(C#N)cnn2c1. The Morgan fingerprint density at radius 2 is 2.00 bits per heavy atom. The Kier molecular flexibility index (Phi) is 7.36. The number of primary amides is 1. The van der Waals surface area contributed by atoms with Crippen molar-refractivity contribution in [1.82, 2.24) is 14.6 Å². The second-order valence-electron chi connectivity index (χ2n) is 11.3. The molecule has 1 aromatic carbocycles. The number of benzene rings is 1. The van der Waals surface area contributed by atoms with E-state index in [0.29, 0.717) is 48.3 Å². The number of carbonyl (C=O) groups excluding carboxylic acids is 1. The number of halogens is 2. The maximum atomic E-state index is 14.3. The highest BCUT2D eigenvalue weighted by molar-refractivity contribution is 6.34. The van der Waals surface area contributed by atoms with E-state index in [1.807, 2.05) is 25.1 Å². The molecule has 4 aromatic rings. The summed E-state index contributed by atoms with van der Waals surface area (Å²) in [4.78, 5) is 18.6. The average Bonchev–Trinajstić information content (AvgIpc) is 3.36. The second kappa shape index (κ2) is 10.7. The van der Waals surface area contributed by atoms with Crippen molar-refractivity contribution in [3.05, 3.63) is 76.5 Å². The number of ether oxygens (including phenoxy) is 1. The number of nitriles is 1. The first kappa shape index (κ1) is 28.3. The zero-order valence-corrected chi connectivity index (χ0v) is 23.7. The fraction of sp³-hybridized carbons (Fsp3) is 0.333. The molecule has 1 aliphatic rings. The predicted octanol–water partition coefficient (Wildman–Crippen LogP) is 4.87. The molecule has 5 rings (SSSR count). The van der Waals surface area contributed by atoms with Gasteiger partial charge in [0.2, 0.25) is 5.91 Å². The lowest BCUT2D eigenvalue weighted by atomic mass is 9.74. The fourth-order valence-corrected chi connectivity index (χ4v) is 5.61. The van der Waals surface area contributed by atoms with E-state index in [2.05, 4.69) is 16.1 Å². The summed E-state index contributed by atoms with van der Waals surface area (Å²) in [7, 11) is 0. The molecule has 11 heteroatoms. The standard InChI is InChI=1S/C30H30ClFN6O3/c1-29(2,40)17-41-21-12-22(27-19(13-33)15-36-38(27)16-21)18-4-5-25(35-14-18)37-8-6-30(3,7-9-37)24-11-20(32)10-23(26(24)31)28(34)39/h4-5,10-12,14-16,40H,6-9,17H2,1-3H3,(H2,34,39). The highest BCUT2D eigenvalue weighted by Crippen LogP contribution is 2.41. The smallest absolute Gasteiger partial charge is 0.250 e. The second-order valence-corrected chi connectivity index (χ2v) is 11.7. The molecule has 41 heavy (non-hydrogen) atoms. The van der Waals surface area contributed by atoms with Crippen molar-refractivity contribution >= 4 is 28.8 Å². The van der Waals surface area contributed by atoms with Crippen LogP contribution in [0.4, 0.5) is 10.2 Å². The van der Waals surface area contributed by atoms with Crippen LogP contribution < -0.4 is 15.4 Å². The molecule has 212 valence electrons. The molecule has 1 aliphatic heterocycles. The third kappa shape index (κ3) is 5.69. The lowest BCUT2D eigenvalue weighted by molar-refractivity contribution is 0.0283. The van der Waals surface area contributed by atoms with Gasteiger partial charge >= 0.3 is 0 Å². The normalized spacial score (nSPS) is 15.1. The van der Waals surface area contributed by atoms with Crippen LogP contribution in [0.15, 0.2) is 48.9 Å². The number of aliphatic hydroxyl groups is 1. The van der Waals surface area contributed by atoms with Gasteiger partial charge in [-0.05, 0) is 68.0 Å². The summed E-state index contributed by atoms with van der Waals surface area (Å²) in [5.74, 6) is -0.0263. The van der Waals surface area contributed by atoms with Gasteiger partial charge in [0, 0.05) is 30.4 Å². The summed E-state index contributed by atoms with van der Waals surface area (Å²) < 4.78 is 21.7. The maximum absolute atomic E-state index is 14.3. The zero-order valence-electron chi connectivity index (χ0n) is 23.0. The molecule has 0 aliphatic carbocycles. The van der Waals surface area contributed by atoms with Crippen LogP contribution in [0.1, 0.15) is 55.1 Å². The van der Waals surface area contributed by atoms with Gasteiger partial charge in [-0.1, -0.05) is 18.5 Å². The molecular formula is C30H30ClFN6O3. The minimum Gasteiger partial charge on any atom is -0.489 e. The number of aromatic nitrogens is 3. The number of amides is 1. The van der Waals surface area contributed by atoms with E-state index in [-0.39, 0.29) is 17.2 Å². The van der Waals surface area contributed by atoms with Gasteiger partial charge < -0.3 is 20.5 Å². The first-order chi connectivity index (χ1) is 19.4. The number of hydrogen-bond acceptors (Lipinski definition) is 7. The third-order valence-electron chi connectivity index (χ3n) is 7.50. The van der Waals surface area contributed by atoms with Crippen molar-refractivity contribution in [2.24, 2.45) is 5.73 Å². The van der Waals surface area contributed by atoms with Crippen molar-refractivity contribution in [3.8, 4) is 22.9 Å². The van der Waals surface area contributed by atoms with E-state index >= 15 is 0 Å². The van der Waals surface area contributed by atoms with E-state index in [0.717, 1.165) is 23.0 Å². The molecule has 0 bridgehead atoms. The molecule has 3 aromatic heterocycles. The summed E-state index contributed by atoms with van der Waals surface area (Å²) in [6.45, 7) is 6.71. The van der Waals surface area contributed by atoms with Gasteiger partial charge in [-0.15, -0.1) is 0 Å². The predicted molar refractivity (Wildman–Crippen MR) is 154 cm³/mol. The molecule has 0 saturated carbocycles. The Labute approximate surface area is 241 Å². The van der Waals surface area contributed by atoms with Crippen LogP contribution in [0.5, 0.6) is 5.75 Å². The Morgan fingerprint density at radius 3 is 2.61 bits per heavy atom. The largest absolute Gasteiger partial charge is 0.489 e. The van der Waals surface area contributed by atoms with Gasteiger partial charge in [0.25, 0.3) is 0 Å². The van der Waals surface area contributed by atoms with E-state index in [1.165, 1.54) is 12.3 Å². The summed E-state index contributed by atoms with van der Waals surface area (Å²) in [6, 6.07) is 10.3. The fourth-order valence-electron chi connectivity index (χ4n) is 5.18. The average molecular weight is 577 g/mol. The highest BCUT2D eigenvalue weighted by Gasteiger charge is 2.35. The van der Waals surface area contributed by atoms with Gasteiger partial charge in [-0.2, -0.15) is 10.4 Å². The van der Waals surface area contributed by atoms with Crippen molar-refractivity contribution in [1.29, 1.82) is 5.26 Å². The van der Waals surface area contributed by atoms with Crippen LogP contribution in [0.2, 0.25) is 5.02 Å². The lowest BCUT2D eigenvalue weighted by Crippen LogP contribution is -2.41. The molecule has 4 heterocycles. The number of fused-ring (bicyclic) bond motifs is 1. The quantitative estimate of drug-likeness (QED) is 0.321. The summed E-state index contributed by atoms with van der Waals surface area (Å²) in [6.07, 6.45) is 6.26. The van der Waals surface area contributed by atoms with E-state index < -0.39 is 22.7 Å². The minimum absolute atomic E-state index is 0.0102. The van der Waals surface area contributed by atoms with E-state index in [4.69, 9.17) is 27.1 Å². The van der Waals surface area contributed by atoms with Gasteiger partial charge in [0.05, 0.1) is 39.7 Å². The molecule has 0 unspecified atom stereocenters. The van der Waals surface area contributed by atoms with Crippen molar-refractivity contribution in [2.45, 2.75) is 44.6 Å². The number of hydrogen-bond donors (Lipinski definition) is 2. The van der Waals surface area contributed by atoms with Crippen LogP contribution >= 0.6 is 11.6 Å². The topological polar surface area (TPSA) is 130 Å². The summed E-state index contributed by atoms with van der Waals surface area (Å²) in [5.41, 5.74) is 7.08. The van der Waals surface area contributed by atoms with Crippen molar-refractivity contribution < 1.29 is 19.0 Å². The van der Waals surface area contributed by atoms with Crippen LogP contribution in [0.3, 0.4) is 0 Å². The van der Waals surface area contributed by atoms with E-state index in [1.54, 1.807) is 30.8 Å². The minimum atomic E-state index is -1.02. The third-order valence-corrected chi connectivity index (χ3v) is 7.91. The molecule has 1 amide bonds. The van der Waals surface area contributed by atoms with E-state index in [9.17, 15) is 19.6 Å². The van der Waals surface area contributed by atoms with Crippen molar-refractivity contribution in [3.63, 3.8) is 0 Å². The van der Waals surface area contributed by atoms with Gasteiger partial charge in [-0.25, -0.2) is 13.9 Å². The molecule has 0 spiro atoms. The number of carbonyl (C=O) groups is 1. The molecule has 0 atom stereocenters. The highest BCUT2D eigenvalue weighted by atomic mass is 35.5. The molecule has 0 radical (unpaired) electrons. The van der Waals surface area contributed by atoms with Crippen molar-refractivity contribution in [2.75, 3.05) is 24.6 Å². The van der Waals surface area contributed by atoms with Crippen LogP contribution in [-0.2, 0) is 5.41 Å². The Bertz CT molecular complexity index is 1670. The molecule has 1 saturated heterocycles. The number of nitrogens with two attached hydrogens (primary N) is 1. The molecule has 9 nitrogen and oxygen atoms in total. The first-order valence-electron chi connectivity index (χ1n) is 13.2. The zero-order chi connectivity index (χ0) is 29.5. The molecule has 1 fully saturated rings. The molecular weight excluding hydrogens is 547 g/mol.